The average molecular weight is 575 g/mol. The molecule has 0 saturated carbocycles. The van der Waals surface area contributed by atoms with E-state index in [2.05, 4.69) is 34.6 Å². The van der Waals surface area contributed by atoms with Crippen molar-refractivity contribution in [1.29, 1.82) is 0 Å². The normalized spacial score (nSPS) is 17.6. The second-order valence-corrected chi connectivity index (χ2v) is 11.3. The zero-order chi connectivity index (χ0) is 30.2. The van der Waals surface area contributed by atoms with E-state index in [0.717, 1.165) is 17.1 Å². The van der Waals surface area contributed by atoms with Gasteiger partial charge in [-0.15, -0.1) is 0 Å². The van der Waals surface area contributed by atoms with Crippen molar-refractivity contribution in [3.05, 3.63) is 83.9 Å². The largest absolute Gasteiger partial charge is 0.488 e. The quantitative estimate of drug-likeness (QED) is 0.301. The Balaban J connectivity index is 1.49. The summed E-state index contributed by atoms with van der Waals surface area (Å²) in [6.45, 7) is 9.24. The van der Waals surface area contributed by atoms with Crippen molar-refractivity contribution in [2.24, 2.45) is 5.92 Å². The summed E-state index contributed by atoms with van der Waals surface area (Å²) in [5, 5.41) is 15.5. The lowest BCUT2D eigenvalue weighted by molar-refractivity contribution is 0.0341. The summed E-state index contributed by atoms with van der Waals surface area (Å²) >= 11 is 0. The summed E-state index contributed by atoms with van der Waals surface area (Å²) in [7, 11) is 2.05. The SMILES string of the molecule is CC(C)NC(=O)Nc1ccc2c(c1)C(=O)N([C@@H](C)CO)C[C@@H](C)[C@@H](CN(C)Cc1ccc(Oc3ccccc3)cc1)O2. The fraction of sp³-hybridized carbons (Fsp3) is 0.394. The van der Waals surface area contributed by atoms with E-state index in [1.54, 1.807) is 23.1 Å². The van der Waals surface area contributed by atoms with Gasteiger partial charge in [-0.2, -0.15) is 0 Å². The number of hydrogen-bond donors (Lipinski definition) is 3. The van der Waals surface area contributed by atoms with Gasteiger partial charge in [-0.1, -0.05) is 37.3 Å². The second-order valence-electron chi connectivity index (χ2n) is 11.3. The lowest BCUT2D eigenvalue weighted by Gasteiger charge is -2.38. The van der Waals surface area contributed by atoms with Crippen molar-refractivity contribution >= 4 is 17.6 Å². The van der Waals surface area contributed by atoms with Crippen LogP contribution in [0.15, 0.2) is 72.8 Å². The lowest BCUT2D eigenvalue weighted by Crippen LogP contribution is -2.49. The molecule has 1 aliphatic rings. The number of hydrogen-bond acceptors (Lipinski definition) is 6. The number of nitrogens with zero attached hydrogens (tertiary/aromatic N) is 2. The molecule has 0 spiro atoms. The van der Waals surface area contributed by atoms with Crippen LogP contribution in [0.2, 0.25) is 0 Å². The Hall–Kier alpha value is -4.08. The number of likely N-dealkylation sites (N-methyl/N-ethyl adjacent to an activating group) is 1. The van der Waals surface area contributed by atoms with E-state index < -0.39 is 0 Å². The highest BCUT2D eigenvalue weighted by Crippen LogP contribution is 2.31. The number of rotatable bonds is 10. The zero-order valence-electron chi connectivity index (χ0n) is 25.0. The maximum Gasteiger partial charge on any atom is 0.319 e. The van der Waals surface area contributed by atoms with Crippen molar-refractivity contribution < 1.29 is 24.2 Å². The van der Waals surface area contributed by atoms with Crippen LogP contribution in [0.5, 0.6) is 17.2 Å². The number of amides is 3. The molecule has 3 aromatic rings. The summed E-state index contributed by atoms with van der Waals surface area (Å²) < 4.78 is 12.4. The minimum absolute atomic E-state index is 0.00480. The third-order valence-electron chi connectivity index (χ3n) is 7.19. The number of urea groups is 1. The minimum Gasteiger partial charge on any atom is -0.488 e. The molecule has 3 atom stereocenters. The van der Waals surface area contributed by atoms with Gasteiger partial charge in [0.2, 0.25) is 0 Å². The molecule has 0 aromatic heterocycles. The van der Waals surface area contributed by atoms with Crippen LogP contribution < -0.4 is 20.1 Å². The molecular weight excluding hydrogens is 532 g/mol. The molecule has 3 N–H and O–H groups in total. The minimum atomic E-state index is -0.373. The lowest BCUT2D eigenvalue weighted by atomic mass is 9.99. The maximum atomic E-state index is 13.6. The Labute approximate surface area is 248 Å². The molecule has 224 valence electrons. The van der Waals surface area contributed by atoms with Gasteiger partial charge in [0, 0.05) is 37.3 Å². The van der Waals surface area contributed by atoms with Crippen LogP contribution in [0.3, 0.4) is 0 Å². The summed E-state index contributed by atoms with van der Waals surface area (Å²) in [6, 6.07) is 22.1. The first-order valence-corrected chi connectivity index (χ1v) is 14.4. The average Bonchev–Trinajstić information content (AvgIpc) is 2.96. The number of ether oxygens (including phenoxy) is 2. The fourth-order valence-corrected chi connectivity index (χ4v) is 4.92. The molecule has 4 rings (SSSR count). The summed E-state index contributed by atoms with van der Waals surface area (Å²) in [5.41, 5.74) is 1.98. The Morgan fingerprint density at radius 1 is 1.07 bits per heavy atom. The van der Waals surface area contributed by atoms with E-state index in [1.165, 1.54) is 0 Å². The molecule has 1 heterocycles. The molecule has 0 bridgehead atoms. The fourth-order valence-electron chi connectivity index (χ4n) is 4.92. The van der Waals surface area contributed by atoms with E-state index in [1.807, 2.05) is 70.3 Å². The number of carbonyl (C=O) groups excluding carboxylic acids is 2. The number of aliphatic hydroxyl groups excluding tert-OH is 1. The van der Waals surface area contributed by atoms with Crippen LogP contribution in [0.25, 0.3) is 0 Å². The van der Waals surface area contributed by atoms with Crippen LogP contribution in [0.4, 0.5) is 10.5 Å². The first-order chi connectivity index (χ1) is 20.1. The molecular formula is C33H42N4O5. The molecule has 9 heteroatoms. The van der Waals surface area contributed by atoms with Crippen LogP contribution in [0.1, 0.15) is 43.6 Å². The van der Waals surface area contributed by atoms with Crippen LogP contribution in [-0.4, -0.2) is 71.8 Å². The standard InChI is InChI=1S/C33H42N4O5/c1-22(2)34-33(40)35-26-13-16-30-29(17-26)32(39)37(24(4)21-38)18-23(3)31(42-30)20-36(5)19-25-11-14-28(15-12-25)41-27-9-7-6-8-10-27/h6-17,22-24,31,38H,18-21H2,1-5H3,(H2,34,35,40)/t23-,24+,31-/m1/s1. The Kier molecular flexibility index (Phi) is 10.4. The van der Waals surface area contributed by atoms with Crippen molar-refractivity contribution in [2.75, 3.05) is 32.1 Å². The van der Waals surface area contributed by atoms with Crippen LogP contribution in [0, 0.1) is 5.92 Å². The van der Waals surface area contributed by atoms with Crippen molar-refractivity contribution in [2.45, 2.75) is 52.4 Å². The predicted octanol–water partition coefficient (Wildman–Crippen LogP) is 5.36. The summed E-state index contributed by atoms with van der Waals surface area (Å²) in [5.74, 6) is 1.78. The van der Waals surface area contributed by atoms with Gasteiger partial charge < -0.3 is 30.1 Å². The maximum absolute atomic E-state index is 13.6. The van der Waals surface area contributed by atoms with Gasteiger partial charge in [0.05, 0.1) is 18.2 Å². The monoisotopic (exact) mass is 574 g/mol. The highest BCUT2D eigenvalue weighted by atomic mass is 16.5. The molecule has 0 unspecified atom stereocenters. The van der Waals surface area contributed by atoms with E-state index in [9.17, 15) is 14.7 Å². The first kappa shape index (κ1) is 30.9. The van der Waals surface area contributed by atoms with Gasteiger partial charge in [0.15, 0.2) is 0 Å². The number of carbonyl (C=O) groups is 2. The van der Waals surface area contributed by atoms with Crippen molar-refractivity contribution in [1.82, 2.24) is 15.1 Å². The van der Waals surface area contributed by atoms with E-state index in [-0.39, 0.29) is 42.7 Å². The topological polar surface area (TPSA) is 103 Å². The molecule has 3 amide bonds. The van der Waals surface area contributed by atoms with Gasteiger partial charge in [-0.05, 0) is 75.8 Å². The van der Waals surface area contributed by atoms with Crippen LogP contribution in [-0.2, 0) is 6.54 Å². The summed E-state index contributed by atoms with van der Waals surface area (Å²) in [6.07, 6.45) is -0.223. The highest BCUT2D eigenvalue weighted by Gasteiger charge is 2.33. The van der Waals surface area contributed by atoms with E-state index in [4.69, 9.17) is 9.47 Å². The number of anilines is 1. The van der Waals surface area contributed by atoms with Gasteiger partial charge in [0.1, 0.15) is 23.4 Å². The third-order valence-corrected chi connectivity index (χ3v) is 7.19. The van der Waals surface area contributed by atoms with Crippen LogP contribution >= 0.6 is 0 Å². The zero-order valence-corrected chi connectivity index (χ0v) is 25.0. The molecule has 3 aromatic carbocycles. The van der Waals surface area contributed by atoms with Gasteiger partial charge in [-0.3, -0.25) is 9.69 Å². The van der Waals surface area contributed by atoms with Crippen molar-refractivity contribution in [3.8, 4) is 17.2 Å². The number of aliphatic hydroxyl groups is 1. The number of benzene rings is 3. The molecule has 9 nitrogen and oxygen atoms in total. The van der Waals surface area contributed by atoms with Crippen molar-refractivity contribution in [3.63, 3.8) is 0 Å². The summed E-state index contributed by atoms with van der Waals surface area (Å²) in [4.78, 5) is 29.8. The van der Waals surface area contributed by atoms with E-state index >= 15 is 0 Å². The molecule has 1 aliphatic heterocycles. The number of nitrogens with one attached hydrogen (secondary N) is 2. The number of para-hydroxylation sites is 1. The Bertz CT molecular complexity index is 1330. The van der Waals surface area contributed by atoms with Gasteiger partial charge in [-0.25, -0.2) is 4.79 Å². The molecule has 0 fully saturated rings. The molecule has 42 heavy (non-hydrogen) atoms. The van der Waals surface area contributed by atoms with Gasteiger partial charge >= 0.3 is 6.03 Å². The highest BCUT2D eigenvalue weighted by molar-refractivity contribution is 5.99. The predicted molar refractivity (Wildman–Crippen MR) is 164 cm³/mol. The van der Waals surface area contributed by atoms with Gasteiger partial charge in [0.25, 0.3) is 5.91 Å². The second kappa shape index (κ2) is 14.2. The Morgan fingerprint density at radius 2 is 1.76 bits per heavy atom. The smallest absolute Gasteiger partial charge is 0.319 e. The third kappa shape index (κ3) is 8.24. The molecule has 0 radical (unpaired) electrons. The first-order valence-electron chi connectivity index (χ1n) is 14.4. The number of fused-ring (bicyclic) bond motifs is 1. The van der Waals surface area contributed by atoms with E-state index in [0.29, 0.717) is 36.6 Å². The Morgan fingerprint density at radius 3 is 2.43 bits per heavy atom. The molecule has 0 aliphatic carbocycles. The molecule has 0 saturated heterocycles.